The molecule has 0 amide bonds. The van der Waals surface area contributed by atoms with Crippen LogP contribution in [-0.4, -0.2) is 7.11 Å². The number of methoxy groups -OCH3 is 1. The second kappa shape index (κ2) is 6.64. The molecule has 2 aromatic rings. The number of hydrogen-bond donors (Lipinski definition) is 1. The molecule has 2 N–H and O–H groups in total. The smallest absolute Gasteiger partial charge is 0.138 e. The Morgan fingerprint density at radius 3 is 2.50 bits per heavy atom. The molecule has 0 unspecified atom stereocenters. The van der Waals surface area contributed by atoms with Crippen LogP contribution in [0.25, 0.3) is 0 Å². The molecule has 0 aliphatic carbocycles. The fourth-order valence-corrected chi connectivity index (χ4v) is 2.25. The summed E-state index contributed by atoms with van der Waals surface area (Å²) in [6.45, 7) is 2.87. The van der Waals surface area contributed by atoms with Gasteiger partial charge in [-0.2, -0.15) is 0 Å². The van der Waals surface area contributed by atoms with E-state index in [0.29, 0.717) is 23.9 Å². The van der Waals surface area contributed by atoms with Gasteiger partial charge in [-0.05, 0) is 42.3 Å². The minimum atomic E-state index is 0.433. The highest BCUT2D eigenvalue weighted by Gasteiger charge is 2.05. The standard InChI is InChI=1S/C16H18ClNO2/c1-11-3-5-16(14(17)7-11)20-10-12-4-6-15(19-2)13(8-12)9-18/h3-8H,9-10,18H2,1-2H3. The van der Waals surface area contributed by atoms with Gasteiger partial charge in [0.1, 0.15) is 18.1 Å². The zero-order valence-electron chi connectivity index (χ0n) is 11.7. The lowest BCUT2D eigenvalue weighted by molar-refractivity contribution is 0.306. The maximum atomic E-state index is 6.14. The molecule has 0 radical (unpaired) electrons. The van der Waals surface area contributed by atoms with Crippen molar-refractivity contribution < 1.29 is 9.47 Å². The van der Waals surface area contributed by atoms with Gasteiger partial charge in [0.25, 0.3) is 0 Å². The van der Waals surface area contributed by atoms with Crippen LogP contribution in [0.3, 0.4) is 0 Å². The van der Waals surface area contributed by atoms with E-state index in [-0.39, 0.29) is 0 Å². The lowest BCUT2D eigenvalue weighted by Gasteiger charge is -2.11. The molecular formula is C16H18ClNO2. The van der Waals surface area contributed by atoms with Crippen molar-refractivity contribution in [2.24, 2.45) is 5.73 Å². The third-order valence-electron chi connectivity index (χ3n) is 3.05. The average molecular weight is 292 g/mol. The molecule has 2 aromatic carbocycles. The summed E-state index contributed by atoms with van der Waals surface area (Å²) in [7, 11) is 1.64. The first-order valence-electron chi connectivity index (χ1n) is 6.39. The minimum Gasteiger partial charge on any atom is -0.496 e. The highest BCUT2D eigenvalue weighted by molar-refractivity contribution is 6.32. The van der Waals surface area contributed by atoms with E-state index in [1.165, 1.54) is 0 Å². The number of aryl methyl sites for hydroxylation is 1. The fraction of sp³-hybridized carbons (Fsp3) is 0.250. The van der Waals surface area contributed by atoms with Crippen LogP contribution in [0.2, 0.25) is 5.02 Å². The van der Waals surface area contributed by atoms with E-state index >= 15 is 0 Å². The van der Waals surface area contributed by atoms with Crippen molar-refractivity contribution in [1.29, 1.82) is 0 Å². The number of hydrogen-bond acceptors (Lipinski definition) is 3. The number of rotatable bonds is 5. The Balaban J connectivity index is 2.10. The van der Waals surface area contributed by atoms with E-state index in [1.54, 1.807) is 7.11 Å². The fourth-order valence-electron chi connectivity index (χ4n) is 1.97. The van der Waals surface area contributed by atoms with E-state index in [1.807, 2.05) is 43.3 Å². The van der Waals surface area contributed by atoms with Gasteiger partial charge in [0.05, 0.1) is 12.1 Å². The van der Waals surface area contributed by atoms with Crippen molar-refractivity contribution in [1.82, 2.24) is 0 Å². The first-order chi connectivity index (χ1) is 9.63. The summed E-state index contributed by atoms with van der Waals surface area (Å²) < 4.78 is 11.0. The van der Waals surface area contributed by atoms with Crippen LogP contribution in [0.1, 0.15) is 16.7 Å². The molecule has 3 nitrogen and oxygen atoms in total. The van der Waals surface area contributed by atoms with Gasteiger partial charge in [0, 0.05) is 12.1 Å². The van der Waals surface area contributed by atoms with Gasteiger partial charge in [-0.1, -0.05) is 23.7 Å². The lowest BCUT2D eigenvalue weighted by atomic mass is 10.1. The van der Waals surface area contributed by atoms with Crippen molar-refractivity contribution >= 4 is 11.6 Å². The van der Waals surface area contributed by atoms with Crippen LogP contribution in [0.5, 0.6) is 11.5 Å². The van der Waals surface area contributed by atoms with Gasteiger partial charge in [-0.15, -0.1) is 0 Å². The molecule has 0 aliphatic heterocycles. The average Bonchev–Trinajstić information content (AvgIpc) is 2.46. The maximum absolute atomic E-state index is 6.14. The Kier molecular flexibility index (Phi) is 4.88. The molecule has 0 fully saturated rings. The maximum Gasteiger partial charge on any atom is 0.138 e. The van der Waals surface area contributed by atoms with Crippen molar-refractivity contribution in [3.05, 3.63) is 58.1 Å². The topological polar surface area (TPSA) is 44.5 Å². The minimum absolute atomic E-state index is 0.433. The summed E-state index contributed by atoms with van der Waals surface area (Å²) in [5.74, 6) is 1.48. The quantitative estimate of drug-likeness (QED) is 0.913. The van der Waals surface area contributed by atoms with E-state index in [2.05, 4.69) is 0 Å². The highest BCUT2D eigenvalue weighted by Crippen LogP contribution is 2.26. The predicted molar refractivity (Wildman–Crippen MR) is 81.4 cm³/mol. The molecule has 0 spiro atoms. The molecule has 2 rings (SSSR count). The van der Waals surface area contributed by atoms with Crippen molar-refractivity contribution in [2.45, 2.75) is 20.1 Å². The second-order valence-corrected chi connectivity index (χ2v) is 4.98. The zero-order valence-corrected chi connectivity index (χ0v) is 12.4. The Morgan fingerprint density at radius 2 is 1.85 bits per heavy atom. The monoisotopic (exact) mass is 291 g/mol. The first kappa shape index (κ1) is 14.7. The van der Waals surface area contributed by atoms with Crippen molar-refractivity contribution in [2.75, 3.05) is 7.11 Å². The number of halogens is 1. The van der Waals surface area contributed by atoms with Gasteiger partial charge in [0.2, 0.25) is 0 Å². The molecule has 0 aliphatic rings. The molecule has 0 aromatic heterocycles. The number of ether oxygens (including phenoxy) is 2. The number of benzene rings is 2. The molecule has 0 bridgehead atoms. The molecule has 0 atom stereocenters. The Hall–Kier alpha value is -1.71. The van der Waals surface area contributed by atoms with Gasteiger partial charge in [-0.25, -0.2) is 0 Å². The van der Waals surface area contributed by atoms with Crippen LogP contribution in [0.15, 0.2) is 36.4 Å². The van der Waals surface area contributed by atoms with Crippen molar-refractivity contribution in [3.63, 3.8) is 0 Å². The molecule has 0 saturated heterocycles. The predicted octanol–water partition coefficient (Wildman–Crippen LogP) is 3.69. The largest absolute Gasteiger partial charge is 0.496 e. The van der Waals surface area contributed by atoms with Crippen molar-refractivity contribution in [3.8, 4) is 11.5 Å². The Labute approximate surface area is 124 Å². The van der Waals surface area contributed by atoms with Crippen LogP contribution in [0, 0.1) is 6.92 Å². The van der Waals surface area contributed by atoms with Crippen LogP contribution in [0.4, 0.5) is 0 Å². The highest BCUT2D eigenvalue weighted by atomic mass is 35.5. The number of nitrogens with two attached hydrogens (primary N) is 1. The van der Waals surface area contributed by atoms with Crippen LogP contribution >= 0.6 is 11.6 Å². The summed E-state index contributed by atoms with van der Waals surface area (Å²) >= 11 is 6.14. The normalized spacial score (nSPS) is 10.4. The zero-order chi connectivity index (χ0) is 14.5. The van der Waals surface area contributed by atoms with E-state index in [9.17, 15) is 0 Å². The van der Waals surface area contributed by atoms with Gasteiger partial charge < -0.3 is 15.2 Å². The SMILES string of the molecule is COc1ccc(COc2ccc(C)cc2Cl)cc1CN. The molecule has 0 heterocycles. The summed E-state index contributed by atoms with van der Waals surface area (Å²) in [6, 6.07) is 11.6. The molecule has 106 valence electrons. The lowest BCUT2D eigenvalue weighted by Crippen LogP contribution is -2.03. The summed E-state index contributed by atoms with van der Waals surface area (Å²) in [5, 5.41) is 0.623. The van der Waals surface area contributed by atoms with Crippen LogP contribution < -0.4 is 15.2 Å². The molecule has 4 heteroatoms. The van der Waals surface area contributed by atoms with E-state index in [4.69, 9.17) is 26.8 Å². The van der Waals surface area contributed by atoms with Gasteiger partial charge >= 0.3 is 0 Å². The van der Waals surface area contributed by atoms with Gasteiger partial charge in [-0.3, -0.25) is 0 Å². The van der Waals surface area contributed by atoms with Gasteiger partial charge in [0.15, 0.2) is 0 Å². The third-order valence-corrected chi connectivity index (χ3v) is 3.34. The third kappa shape index (κ3) is 3.44. The first-order valence-corrected chi connectivity index (χ1v) is 6.76. The molecular weight excluding hydrogens is 274 g/mol. The second-order valence-electron chi connectivity index (χ2n) is 4.57. The summed E-state index contributed by atoms with van der Waals surface area (Å²) in [6.07, 6.45) is 0. The van der Waals surface area contributed by atoms with E-state index < -0.39 is 0 Å². The molecule has 0 saturated carbocycles. The Morgan fingerprint density at radius 1 is 1.10 bits per heavy atom. The molecule has 20 heavy (non-hydrogen) atoms. The summed E-state index contributed by atoms with van der Waals surface area (Å²) in [5.41, 5.74) is 8.80. The Bertz CT molecular complexity index is 599. The van der Waals surface area contributed by atoms with Crippen LogP contribution in [-0.2, 0) is 13.2 Å². The summed E-state index contributed by atoms with van der Waals surface area (Å²) in [4.78, 5) is 0. The van der Waals surface area contributed by atoms with E-state index in [0.717, 1.165) is 22.4 Å².